The van der Waals surface area contributed by atoms with Gasteiger partial charge >= 0.3 is 0 Å². The van der Waals surface area contributed by atoms with Gasteiger partial charge in [-0.15, -0.1) is 11.3 Å². The van der Waals surface area contributed by atoms with E-state index in [2.05, 4.69) is 10.3 Å². The molecule has 1 fully saturated rings. The van der Waals surface area contributed by atoms with Crippen LogP contribution in [-0.4, -0.2) is 17.4 Å². The minimum Gasteiger partial charge on any atom is -0.348 e. The van der Waals surface area contributed by atoms with Crippen molar-refractivity contribution in [3.05, 3.63) is 15.6 Å². The molecule has 5 heteroatoms. The normalized spacial score (nSPS) is 19.1. The van der Waals surface area contributed by atoms with E-state index in [0.29, 0.717) is 6.54 Å². The third-order valence-corrected chi connectivity index (χ3v) is 5.12. The number of hydrogen-bond donors (Lipinski definition) is 2. The highest BCUT2D eigenvalue weighted by molar-refractivity contribution is 7.11. The largest absolute Gasteiger partial charge is 0.348 e. The fourth-order valence-corrected chi connectivity index (χ4v) is 3.42. The molecule has 1 unspecified atom stereocenters. The van der Waals surface area contributed by atoms with E-state index in [1.807, 2.05) is 20.8 Å². The minimum atomic E-state index is -0.304. The Morgan fingerprint density at radius 1 is 1.56 bits per heavy atom. The summed E-state index contributed by atoms with van der Waals surface area (Å²) >= 11 is 1.65. The van der Waals surface area contributed by atoms with Gasteiger partial charge in [-0.25, -0.2) is 4.98 Å². The molecular formula is C13H21N3OS. The van der Waals surface area contributed by atoms with Crippen LogP contribution >= 0.6 is 11.3 Å². The molecule has 2 rings (SSSR count). The number of thiazole rings is 1. The summed E-state index contributed by atoms with van der Waals surface area (Å²) in [6, 6.07) is 0.0210. The molecule has 18 heavy (non-hydrogen) atoms. The number of carbonyl (C=O) groups excluding carboxylic acids is 1. The number of nitrogens with zero attached hydrogens (tertiary/aromatic N) is 1. The lowest BCUT2D eigenvalue weighted by molar-refractivity contribution is -0.135. The lowest BCUT2D eigenvalue weighted by Crippen LogP contribution is -2.50. The van der Waals surface area contributed by atoms with Gasteiger partial charge in [-0.05, 0) is 33.6 Å². The van der Waals surface area contributed by atoms with Gasteiger partial charge in [-0.3, -0.25) is 4.79 Å². The van der Waals surface area contributed by atoms with Crippen molar-refractivity contribution in [3.63, 3.8) is 0 Å². The quantitative estimate of drug-likeness (QED) is 0.877. The van der Waals surface area contributed by atoms with Crippen LogP contribution in [-0.2, 0) is 4.79 Å². The smallest absolute Gasteiger partial charge is 0.227 e. The van der Waals surface area contributed by atoms with Crippen molar-refractivity contribution in [1.82, 2.24) is 10.3 Å². The van der Waals surface area contributed by atoms with E-state index in [0.717, 1.165) is 34.8 Å². The summed E-state index contributed by atoms with van der Waals surface area (Å²) in [5.74, 6) is 0.106. The van der Waals surface area contributed by atoms with Crippen LogP contribution in [0.25, 0.3) is 0 Å². The molecule has 1 saturated carbocycles. The van der Waals surface area contributed by atoms with Gasteiger partial charge in [0.15, 0.2) is 0 Å². The Bertz CT molecular complexity index is 446. The van der Waals surface area contributed by atoms with E-state index >= 15 is 0 Å². The second-order valence-corrected chi connectivity index (χ2v) is 6.45. The van der Waals surface area contributed by atoms with E-state index in [4.69, 9.17) is 5.73 Å². The Morgan fingerprint density at radius 2 is 2.22 bits per heavy atom. The standard InChI is InChI=1S/C13H21N3OS/c1-8-11(18-10(3)15-8)9(2)16-12(17)13(7-14)5-4-6-13/h9H,4-7,14H2,1-3H3,(H,16,17). The van der Waals surface area contributed by atoms with Crippen LogP contribution in [0.2, 0.25) is 0 Å². The Balaban J connectivity index is 2.05. The molecule has 1 amide bonds. The number of nitrogens with one attached hydrogen (secondary N) is 1. The van der Waals surface area contributed by atoms with Gasteiger partial charge in [-0.2, -0.15) is 0 Å². The maximum Gasteiger partial charge on any atom is 0.227 e. The summed E-state index contributed by atoms with van der Waals surface area (Å²) in [4.78, 5) is 17.8. The lowest BCUT2D eigenvalue weighted by Gasteiger charge is -2.39. The summed E-state index contributed by atoms with van der Waals surface area (Å²) in [7, 11) is 0. The van der Waals surface area contributed by atoms with Crippen LogP contribution in [0.4, 0.5) is 0 Å². The molecule has 1 aliphatic carbocycles. The highest BCUT2D eigenvalue weighted by Gasteiger charge is 2.43. The van der Waals surface area contributed by atoms with Crippen molar-refractivity contribution in [2.75, 3.05) is 6.54 Å². The molecule has 0 aliphatic heterocycles. The monoisotopic (exact) mass is 267 g/mol. The second-order valence-electron chi connectivity index (χ2n) is 5.22. The molecule has 1 aromatic rings. The van der Waals surface area contributed by atoms with E-state index in [1.54, 1.807) is 11.3 Å². The first kappa shape index (κ1) is 13.5. The van der Waals surface area contributed by atoms with Crippen LogP contribution in [0.1, 0.15) is 47.8 Å². The van der Waals surface area contributed by atoms with Crippen LogP contribution in [0, 0.1) is 19.3 Å². The number of nitrogens with two attached hydrogens (primary N) is 1. The third kappa shape index (κ3) is 2.29. The summed E-state index contributed by atoms with van der Waals surface area (Å²) in [5.41, 5.74) is 6.46. The highest BCUT2D eigenvalue weighted by atomic mass is 32.1. The summed E-state index contributed by atoms with van der Waals surface area (Å²) in [5, 5.41) is 4.14. The number of aromatic nitrogens is 1. The number of rotatable bonds is 4. The van der Waals surface area contributed by atoms with Gasteiger partial charge in [0.1, 0.15) is 0 Å². The molecule has 1 heterocycles. The zero-order valence-electron chi connectivity index (χ0n) is 11.2. The molecule has 1 aliphatic rings. The average molecular weight is 267 g/mol. The van der Waals surface area contributed by atoms with Crippen molar-refractivity contribution in [2.24, 2.45) is 11.1 Å². The predicted molar refractivity (Wildman–Crippen MR) is 73.5 cm³/mol. The van der Waals surface area contributed by atoms with Gasteiger partial charge < -0.3 is 11.1 Å². The van der Waals surface area contributed by atoms with Crippen LogP contribution in [0.5, 0.6) is 0 Å². The zero-order valence-corrected chi connectivity index (χ0v) is 12.1. The number of aryl methyl sites for hydroxylation is 2. The molecule has 0 spiro atoms. The first-order chi connectivity index (χ1) is 8.48. The highest BCUT2D eigenvalue weighted by Crippen LogP contribution is 2.40. The number of hydrogen-bond acceptors (Lipinski definition) is 4. The minimum absolute atomic E-state index is 0.0210. The Labute approximate surface area is 112 Å². The number of amides is 1. The molecular weight excluding hydrogens is 246 g/mol. The Hall–Kier alpha value is -0.940. The number of carbonyl (C=O) groups is 1. The van der Waals surface area contributed by atoms with Crippen LogP contribution in [0.15, 0.2) is 0 Å². The molecule has 100 valence electrons. The molecule has 0 radical (unpaired) electrons. The van der Waals surface area contributed by atoms with Crippen molar-refractivity contribution in [2.45, 2.75) is 46.1 Å². The predicted octanol–water partition coefficient (Wildman–Crippen LogP) is 2.07. The third-order valence-electron chi connectivity index (χ3n) is 3.86. The van der Waals surface area contributed by atoms with Crippen molar-refractivity contribution < 1.29 is 4.79 Å². The topological polar surface area (TPSA) is 68.0 Å². The fraction of sp³-hybridized carbons (Fsp3) is 0.692. The Kier molecular flexibility index (Phi) is 3.73. The van der Waals surface area contributed by atoms with Crippen LogP contribution < -0.4 is 11.1 Å². The molecule has 1 aromatic heterocycles. The Morgan fingerprint density at radius 3 is 2.61 bits per heavy atom. The molecule has 0 aromatic carbocycles. The maximum atomic E-state index is 12.3. The van der Waals surface area contributed by atoms with E-state index in [9.17, 15) is 4.79 Å². The summed E-state index contributed by atoms with van der Waals surface area (Å²) < 4.78 is 0. The SMILES string of the molecule is Cc1nc(C)c(C(C)NC(=O)C2(CN)CCC2)s1. The van der Waals surface area contributed by atoms with Crippen molar-refractivity contribution in [1.29, 1.82) is 0 Å². The second kappa shape index (κ2) is 4.97. The molecule has 1 atom stereocenters. The lowest BCUT2D eigenvalue weighted by atomic mass is 9.68. The van der Waals surface area contributed by atoms with Crippen molar-refractivity contribution in [3.8, 4) is 0 Å². The molecule has 4 nitrogen and oxygen atoms in total. The molecule has 0 bridgehead atoms. The van der Waals surface area contributed by atoms with E-state index in [1.165, 1.54) is 0 Å². The fourth-order valence-electron chi connectivity index (χ4n) is 2.49. The van der Waals surface area contributed by atoms with Crippen molar-refractivity contribution >= 4 is 17.2 Å². The maximum absolute atomic E-state index is 12.3. The van der Waals surface area contributed by atoms with E-state index < -0.39 is 0 Å². The van der Waals surface area contributed by atoms with Gasteiger partial charge in [0.05, 0.1) is 22.2 Å². The molecule has 3 N–H and O–H groups in total. The zero-order chi connectivity index (χ0) is 13.3. The van der Waals surface area contributed by atoms with Gasteiger partial charge in [0.25, 0.3) is 0 Å². The summed E-state index contributed by atoms with van der Waals surface area (Å²) in [6.45, 7) is 6.44. The van der Waals surface area contributed by atoms with Gasteiger partial charge in [0.2, 0.25) is 5.91 Å². The summed E-state index contributed by atoms with van der Waals surface area (Å²) in [6.07, 6.45) is 2.95. The van der Waals surface area contributed by atoms with Gasteiger partial charge in [-0.1, -0.05) is 6.42 Å². The average Bonchev–Trinajstić information content (AvgIpc) is 2.57. The van der Waals surface area contributed by atoms with E-state index in [-0.39, 0.29) is 17.4 Å². The first-order valence-corrected chi connectivity index (χ1v) is 7.25. The molecule has 0 saturated heterocycles. The first-order valence-electron chi connectivity index (χ1n) is 6.43. The van der Waals surface area contributed by atoms with Crippen LogP contribution in [0.3, 0.4) is 0 Å². The van der Waals surface area contributed by atoms with Gasteiger partial charge in [0, 0.05) is 11.4 Å².